The summed E-state index contributed by atoms with van der Waals surface area (Å²) < 4.78 is 66.3. The van der Waals surface area contributed by atoms with Crippen LogP contribution in [0.4, 0.5) is 0 Å². The molecule has 0 fully saturated rings. The smallest absolute Gasteiger partial charge is 0.493 e. The molecule has 7 heterocycles. The maximum Gasteiger partial charge on any atom is 0.653 e. The molecule has 2 unspecified atom stereocenters. The summed E-state index contributed by atoms with van der Waals surface area (Å²) >= 11 is 0. The van der Waals surface area contributed by atoms with E-state index in [0.717, 1.165) is 23.0 Å². The molecule has 0 aliphatic heterocycles. The molecule has 0 amide bonds. The van der Waals surface area contributed by atoms with Gasteiger partial charge in [-0.05, 0) is 131 Å². The monoisotopic (exact) mass is 1660 g/mol. The molecule has 7 aromatic heterocycles. The first-order valence-corrected chi connectivity index (χ1v) is 37.6. The summed E-state index contributed by atoms with van der Waals surface area (Å²) in [6.45, 7) is 3.31. The van der Waals surface area contributed by atoms with Crippen LogP contribution in [0, 0.1) is 0 Å². The zero-order valence-electron chi connectivity index (χ0n) is 70.0. The number of benzene rings is 6. The number of ketones is 2. The molecule has 632 valence electrons. The minimum atomic E-state index is -0.835. The first-order valence-electron chi connectivity index (χ1n) is 37.6. The Morgan fingerprint density at radius 3 is 0.754 bits per heavy atom. The normalized spacial score (nSPS) is 11.1. The Hall–Kier alpha value is -14.1. The second-order valence-corrected chi connectivity index (χ2v) is 25.5. The van der Waals surface area contributed by atoms with E-state index in [2.05, 4.69) is 24.9 Å². The maximum atomic E-state index is 12.6. The van der Waals surface area contributed by atoms with Gasteiger partial charge in [-0.3, -0.25) is 48.3 Å². The molecule has 0 aliphatic rings. The molecule has 0 spiro atoms. The number of hydrogen-bond donors (Lipinski definition) is 6. The fraction of sp³-hybridized carbons (Fsp3) is 0.196. The van der Waals surface area contributed by atoms with Gasteiger partial charge in [-0.15, -0.1) is 0 Å². The van der Waals surface area contributed by atoms with Crippen molar-refractivity contribution in [2.24, 2.45) is 0 Å². The Balaban J connectivity index is 0.000000198. The molecule has 30 heteroatoms. The fourth-order valence-electron chi connectivity index (χ4n) is 12.0. The summed E-state index contributed by atoms with van der Waals surface area (Å²) in [5.74, 6) is 6.16. The number of nitrogens with zero attached hydrogens (tertiary/aromatic N) is 7. The van der Waals surface area contributed by atoms with E-state index >= 15 is 0 Å². The molecular weight excluding hydrogens is 1560 g/mol. The molecule has 6 N–H and O–H groups in total. The van der Waals surface area contributed by atoms with Gasteiger partial charge in [0.25, 0.3) is 0 Å². The van der Waals surface area contributed by atoms with Crippen LogP contribution in [0.25, 0.3) is 0 Å². The summed E-state index contributed by atoms with van der Waals surface area (Å²) in [6, 6.07) is 56.2. The lowest BCUT2D eigenvalue weighted by atomic mass is 9.88. The summed E-state index contributed by atoms with van der Waals surface area (Å²) in [7, 11) is 17.3. The van der Waals surface area contributed by atoms with E-state index in [1.54, 1.807) is 331 Å². The summed E-state index contributed by atoms with van der Waals surface area (Å²) in [5, 5.41) is 60.6. The van der Waals surface area contributed by atoms with Crippen LogP contribution in [0.1, 0.15) is 111 Å². The van der Waals surface area contributed by atoms with Crippen molar-refractivity contribution in [2.45, 2.75) is 38.1 Å². The molecule has 13 rings (SSSR count). The Kier molecular flexibility index (Phi) is 38.9. The number of carbonyl (C=O) groups is 3. The van der Waals surface area contributed by atoms with Gasteiger partial charge in [0.05, 0.1) is 96.4 Å². The SMILES string of the molecule is COc1cccc(C(=O)c2cc[n+](B(C)O)cc2)c1OC.COc1cccc(C(=O)c2ccncc2)c1OC.COc1cccc(C(O)c2ccncc2)c1OC.COc1cccc(C(O)c2ccncc2)c1OC.COc1cccc([C@H](O)c2cc[n+](B(C)O)cc2)c1OC.COc1cccc([C@H](O)c2ccncc2)c1OC.O=Cc1ccncc1. The summed E-state index contributed by atoms with van der Waals surface area (Å²) in [4.78, 5) is 54.3. The lowest BCUT2D eigenvalue weighted by molar-refractivity contribution is -0.549. The van der Waals surface area contributed by atoms with Crippen molar-refractivity contribution in [3.63, 3.8) is 0 Å². The van der Waals surface area contributed by atoms with Gasteiger partial charge in [-0.25, -0.2) is 0 Å². The number of ether oxygens (including phenoxy) is 12. The lowest BCUT2D eigenvalue weighted by Crippen LogP contribution is -2.48. The highest BCUT2D eigenvalue weighted by Gasteiger charge is 2.27. The van der Waals surface area contributed by atoms with Crippen LogP contribution in [0.2, 0.25) is 13.6 Å². The molecule has 0 saturated heterocycles. The molecule has 0 radical (unpaired) electrons. The van der Waals surface area contributed by atoms with Crippen molar-refractivity contribution < 1.29 is 111 Å². The Morgan fingerprint density at radius 1 is 0.295 bits per heavy atom. The molecule has 122 heavy (non-hydrogen) atoms. The number of hydrogen-bond acceptors (Lipinski definition) is 26. The number of methoxy groups -OCH3 is 12. The standard InChI is InChI=1S/C15H19BNO4.C15H17BNO4.3C14H15NO3.C14H13NO3.C6H5NO/c2*1-16(19)17-9-7-11(8-10-17)14(18)12-5-4-6-13(20-2)15(12)21-3;4*1-17-12-5-3-4-11(14(12)18-2)13(16)10-6-8-15-9-7-10;8-5-6-1-3-7-4-2-6/h4-10,14,18-19H,1-3H3;4-10,19H,1-3H3;3*3-9,13,16H,1-2H3;3-9H,1-2H3;1-5H/q2*+1;;;;;/t14-;;13-;;;;/m1.1..../s1. The van der Waals surface area contributed by atoms with Crippen LogP contribution >= 0.6 is 0 Å². The van der Waals surface area contributed by atoms with E-state index in [1.165, 1.54) is 21.3 Å². The van der Waals surface area contributed by atoms with Crippen LogP contribution in [0.5, 0.6) is 69.0 Å². The second kappa shape index (κ2) is 49.9. The minimum Gasteiger partial charge on any atom is -0.493 e. The van der Waals surface area contributed by atoms with E-state index in [9.17, 15) is 44.9 Å². The van der Waals surface area contributed by atoms with Crippen LogP contribution in [-0.4, -0.2) is 173 Å². The maximum absolute atomic E-state index is 12.6. The number of aliphatic hydroxyl groups excluding tert-OH is 4. The zero-order valence-corrected chi connectivity index (χ0v) is 70.0. The molecule has 28 nitrogen and oxygen atoms in total. The predicted octanol–water partition coefficient (Wildman–Crippen LogP) is 12.0. The Labute approximate surface area is 709 Å². The average Bonchev–Trinajstić information content (AvgIpc) is 0.820. The molecule has 0 aliphatic carbocycles. The third kappa shape index (κ3) is 25.9. The lowest BCUT2D eigenvalue weighted by Gasteiger charge is -2.17. The van der Waals surface area contributed by atoms with Crippen molar-refractivity contribution in [1.82, 2.24) is 24.9 Å². The van der Waals surface area contributed by atoms with Gasteiger partial charge in [-0.1, -0.05) is 60.7 Å². The average molecular weight is 1660 g/mol. The number of rotatable bonds is 27. The quantitative estimate of drug-likeness (QED) is 0.0158. The van der Waals surface area contributed by atoms with E-state index in [1.807, 2.05) is 36.4 Å². The van der Waals surface area contributed by atoms with Crippen molar-refractivity contribution in [3.05, 3.63) is 353 Å². The fourth-order valence-corrected chi connectivity index (χ4v) is 12.0. The van der Waals surface area contributed by atoms with Crippen molar-refractivity contribution in [1.29, 1.82) is 0 Å². The largest absolute Gasteiger partial charge is 0.653 e. The number of aldehydes is 1. The van der Waals surface area contributed by atoms with E-state index in [-0.39, 0.29) is 11.6 Å². The molecule has 4 atom stereocenters. The molecule has 0 bridgehead atoms. The third-order valence-electron chi connectivity index (χ3n) is 18.2. The van der Waals surface area contributed by atoms with Crippen LogP contribution in [0.3, 0.4) is 0 Å². The number of aliphatic hydroxyl groups is 4. The van der Waals surface area contributed by atoms with E-state index in [0.29, 0.717) is 125 Å². The predicted molar refractivity (Wildman–Crippen MR) is 459 cm³/mol. The number of aromatic nitrogens is 7. The summed E-state index contributed by atoms with van der Waals surface area (Å²) in [6.07, 6.45) is 20.6. The van der Waals surface area contributed by atoms with E-state index < -0.39 is 38.5 Å². The highest BCUT2D eigenvalue weighted by Crippen LogP contribution is 2.42. The van der Waals surface area contributed by atoms with Gasteiger partial charge in [0.15, 0.2) is 80.6 Å². The van der Waals surface area contributed by atoms with Gasteiger partial charge < -0.3 is 87.3 Å². The molecule has 13 aromatic rings. The van der Waals surface area contributed by atoms with E-state index in [4.69, 9.17) is 56.8 Å². The van der Waals surface area contributed by atoms with Crippen LogP contribution in [0.15, 0.2) is 281 Å². The molecule has 0 saturated carbocycles. The first-order chi connectivity index (χ1) is 59.2. The molecule has 6 aromatic carbocycles. The highest BCUT2D eigenvalue weighted by molar-refractivity contribution is 6.38. The Bertz CT molecular complexity index is 5110. The first kappa shape index (κ1) is 95.0. The van der Waals surface area contributed by atoms with Gasteiger partial charge in [0.2, 0.25) is 0 Å². The number of carbonyl (C=O) groups excluding carboxylic acids is 3. The van der Waals surface area contributed by atoms with Crippen LogP contribution in [-0.2, 0) is 0 Å². The highest BCUT2D eigenvalue weighted by atomic mass is 16.5. The van der Waals surface area contributed by atoms with Gasteiger partial charge in [0, 0.05) is 139 Å². The second-order valence-electron chi connectivity index (χ2n) is 25.5. The number of pyridine rings is 7. The molecular formula is C92H99B2N7O21+2. The third-order valence-corrected chi connectivity index (χ3v) is 18.2. The van der Waals surface area contributed by atoms with Gasteiger partial charge >= 0.3 is 14.1 Å². The van der Waals surface area contributed by atoms with Gasteiger partial charge in [-0.2, -0.15) is 0 Å². The van der Waals surface area contributed by atoms with Crippen LogP contribution < -0.4 is 65.8 Å². The van der Waals surface area contributed by atoms with Gasteiger partial charge in [0.1, 0.15) is 55.5 Å². The zero-order chi connectivity index (χ0) is 88.5. The van der Waals surface area contributed by atoms with Crippen molar-refractivity contribution >= 4 is 32.0 Å². The number of para-hydroxylation sites is 6. The minimum absolute atomic E-state index is 0.117. The topological polar surface area (TPSA) is 356 Å². The van der Waals surface area contributed by atoms with Crippen molar-refractivity contribution in [3.8, 4) is 69.0 Å². The Morgan fingerprint density at radius 2 is 0.516 bits per heavy atom. The summed E-state index contributed by atoms with van der Waals surface area (Å²) in [5.41, 5.74) is 8.29. The van der Waals surface area contributed by atoms with Crippen molar-refractivity contribution in [2.75, 3.05) is 85.3 Å².